The van der Waals surface area contributed by atoms with Crippen molar-refractivity contribution in [2.24, 2.45) is 0 Å². The first-order valence-electron chi connectivity index (χ1n) is 11.1. The number of hydrogen-bond donors (Lipinski definition) is 1. The average Bonchev–Trinajstić information content (AvgIpc) is 3.34. The van der Waals surface area contributed by atoms with Gasteiger partial charge in [-0.3, -0.25) is 9.47 Å². The number of nitrogens with zero attached hydrogens (tertiary/aromatic N) is 2. The SMILES string of the molecule is CCc1c(C(=O)c2cccn2Cc2ccccc2)c(C(=O)OC)c(C)n1NC(=O)OC(C)(C)C. The molecule has 0 saturated heterocycles. The Morgan fingerprint density at radius 2 is 1.68 bits per heavy atom. The van der Waals surface area contributed by atoms with Crippen molar-refractivity contribution in [2.75, 3.05) is 12.5 Å². The Morgan fingerprint density at radius 1 is 1.00 bits per heavy atom. The normalized spacial score (nSPS) is 11.2. The maximum atomic E-state index is 13.8. The summed E-state index contributed by atoms with van der Waals surface area (Å²) >= 11 is 0. The topological polar surface area (TPSA) is 91.6 Å². The number of carbonyl (C=O) groups is 3. The van der Waals surface area contributed by atoms with E-state index in [-0.39, 0.29) is 16.9 Å². The van der Waals surface area contributed by atoms with Crippen molar-refractivity contribution in [1.82, 2.24) is 9.24 Å². The standard InChI is InChI=1S/C26H31N3O5/c1-7-19-22(23(30)20-14-11-15-28(20)16-18-12-9-8-10-13-18)21(24(31)33-6)17(2)29(19)27-25(32)34-26(3,4)5/h8-15H,7,16H2,1-6H3,(H,27,32). The van der Waals surface area contributed by atoms with Crippen molar-refractivity contribution < 1.29 is 23.9 Å². The van der Waals surface area contributed by atoms with Gasteiger partial charge in [-0.1, -0.05) is 37.3 Å². The largest absolute Gasteiger partial charge is 0.465 e. The zero-order valence-electron chi connectivity index (χ0n) is 20.5. The van der Waals surface area contributed by atoms with E-state index >= 15 is 0 Å². The molecule has 0 saturated carbocycles. The second-order valence-corrected chi connectivity index (χ2v) is 8.91. The van der Waals surface area contributed by atoms with Gasteiger partial charge < -0.3 is 14.0 Å². The van der Waals surface area contributed by atoms with Crippen LogP contribution in [-0.2, 0) is 22.4 Å². The molecule has 0 unspecified atom stereocenters. The first-order chi connectivity index (χ1) is 16.1. The molecule has 0 aliphatic rings. The Morgan fingerprint density at radius 3 is 2.26 bits per heavy atom. The Balaban J connectivity index is 2.09. The highest BCUT2D eigenvalue weighted by Gasteiger charge is 2.32. The van der Waals surface area contributed by atoms with Crippen LogP contribution in [0.4, 0.5) is 4.79 Å². The smallest absolute Gasteiger partial charge is 0.426 e. The van der Waals surface area contributed by atoms with Crippen molar-refractivity contribution in [3.05, 3.63) is 82.4 Å². The monoisotopic (exact) mass is 465 g/mol. The lowest BCUT2D eigenvalue weighted by Crippen LogP contribution is -2.33. The fourth-order valence-electron chi connectivity index (χ4n) is 3.89. The van der Waals surface area contributed by atoms with E-state index in [9.17, 15) is 14.4 Å². The molecule has 2 heterocycles. The number of rotatable bonds is 7. The quantitative estimate of drug-likeness (QED) is 0.403. The summed E-state index contributed by atoms with van der Waals surface area (Å²) in [6.45, 7) is 9.27. The van der Waals surface area contributed by atoms with E-state index < -0.39 is 17.7 Å². The minimum absolute atomic E-state index is 0.118. The molecule has 0 radical (unpaired) electrons. The molecule has 34 heavy (non-hydrogen) atoms. The molecule has 0 spiro atoms. The lowest BCUT2D eigenvalue weighted by Gasteiger charge is -2.21. The van der Waals surface area contributed by atoms with Crippen LogP contribution in [-0.4, -0.2) is 39.8 Å². The van der Waals surface area contributed by atoms with E-state index in [4.69, 9.17) is 9.47 Å². The number of nitrogens with one attached hydrogen (secondary N) is 1. The molecule has 0 fully saturated rings. The van der Waals surface area contributed by atoms with Crippen molar-refractivity contribution >= 4 is 17.8 Å². The van der Waals surface area contributed by atoms with Gasteiger partial charge in [0, 0.05) is 12.7 Å². The molecular weight excluding hydrogens is 434 g/mol. The van der Waals surface area contributed by atoms with Gasteiger partial charge in [0.1, 0.15) is 5.60 Å². The molecule has 1 amide bonds. The third kappa shape index (κ3) is 5.22. The van der Waals surface area contributed by atoms with Gasteiger partial charge in [0.25, 0.3) is 0 Å². The van der Waals surface area contributed by atoms with Crippen molar-refractivity contribution in [2.45, 2.75) is 53.2 Å². The summed E-state index contributed by atoms with van der Waals surface area (Å²) in [5.74, 6) is -0.979. The summed E-state index contributed by atoms with van der Waals surface area (Å²) in [6, 6.07) is 13.3. The molecule has 1 aromatic carbocycles. The summed E-state index contributed by atoms with van der Waals surface area (Å²) in [4.78, 5) is 39.1. The van der Waals surface area contributed by atoms with Gasteiger partial charge in [0.15, 0.2) is 0 Å². The minimum Gasteiger partial charge on any atom is -0.465 e. The van der Waals surface area contributed by atoms with Gasteiger partial charge in [0.05, 0.1) is 35.3 Å². The van der Waals surface area contributed by atoms with Gasteiger partial charge in [-0.05, 0) is 51.8 Å². The maximum Gasteiger partial charge on any atom is 0.426 e. The molecule has 0 atom stereocenters. The first kappa shape index (κ1) is 24.8. The number of ketones is 1. The average molecular weight is 466 g/mol. The van der Waals surface area contributed by atoms with Crippen LogP contribution in [0.1, 0.15) is 71.1 Å². The van der Waals surface area contributed by atoms with E-state index in [0.29, 0.717) is 30.0 Å². The van der Waals surface area contributed by atoms with Crippen LogP contribution in [0.5, 0.6) is 0 Å². The third-order valence-corrected chi connectivity index (χ3v) is 5.32. The number of aromatic nitrogens is 2. The van der Waals surface area contributed by atoms with Gasteiger partial charge >= 0.3 is 12.1 Å². The maximum absolute atomic E-state index is 13.8. The predicted molar refractivity (Wildman–Crippen MR) is 129 cm³/mol. The Kier molecular flexibility index (Phi) is 7.29. The second kappa shape index (κ2) is 9.99. The van der Waals surface area contributed by atoms with Gasteiger partial charge in [-0.15, -0.1) is 0 Å². The van der Waals surface area contributed by atoms with Crippen LogP contribution >= 0.6 is 0 Å². The van der Waals surface area contributed by atoms with Crippen LogP contribution in [0, 0.1) is 6.92 Å². The van der Waals surface area contributed by atoms with Crippen molar-refractivity contribution in [3.63, 3.8) is 0 Å². The van der Waals surface area contributed by atoms with E-state index in [0.717, 1.165) is 5.56 Å². The highest BCUT2D eigenvalue weighted by molar-refractivity contribution is 6.15. The number of amides is 1. The molecule has 8 nitrogen and oxygen atoms in total. The van der Waals surface area contributed by atoms with E-state index in [1.807, 2.05) is 48.0 Å². The van der Waals surface area contributed by atoms with Crippen LogP contribution in [0.3, 0.4) is 0 Å². The molecule has 180 valence electrons. The molecule has 0 bridgehead atoms. The minimum atomic E-state index is -0.709. The van der Waals surface area contributed by atoms with Gasteiger partial charge in [-0.25, -0.2) is 15.0 Å². The number of benzene rings is 1. The number of methoxy groups -OCH3 is 1. The molecule has 3 rings (SSSR count). The molecule has 1 N–H and O–H groups in total. The number of ether oxygens (including phenoxy) is 2. The van der Waals surface area contributed by atoms with Crippen molar-refractivity contribution in [3.8, 4) is 0 Å². The van der Waals surface area contributed by atoms with E-state index in [1.165, 1.54) is 11.8 Å². The number of hydrogen-bond acceptors (Lipinski definition) is 5. The number of esters is 1. The highest BCUT2D eigenvalue weighted by atomic mass is 16.6. The Hall–Kier alpha value is -3.81. The molecular formula is C26H31N3O5. The lowest BCUT2D eigenvalue weighted by atomic mass is 10.0. The summed E-state index contributed by atoms with van der Waals surface area (Å²) in [5, 5.41) is 0. The molecule has 8 heteroatoms. The third-order valence-electron chi connectivity index (χ3n) is 5.32. The fraction of sp³-hybridized carbons (Fsp3) is 0.346. The summed E-state index contributed by atoms with van der Waals surface area (Å²) in [5.41, 5.74) is 4.63. The van der Waals surface area contributed by atoms with Crippen LogP contribution in [0.25, 0.3) is 0 Å². The summed E-state index contributed by atoms with van der Waals surface area (Å²) in [7, 11) is 1.26. The molecule has 2 aromatic heterocycles. The Bertz CT molecular complexity index is 1200. The molecule has 3 aromatic rings. The van der Waals surface area contributed by atoms with Gasteiger partial charge in [0.2, 0.25) is 5.78 Å². The van der Waals surface area contributed by atoms with Crippen LogP contribution in [0.15, 0.2) is 48.7 Å². The lowest BCUT2D eigenvalue weighted by molar-refractivity contribution is 0.0587. The molecule has 0 aliphatic carbocycles. The highest BCUT2D eigenvalue weighted by Crippen LogP contribution is 2.27. The second-order valence-electron chi connectivity index (χ2n) is 8.91. The van der Waals surface area contributed by atoms with E-state index in [2.05, 4.69) is 5.43 Å². The van der Waals surface area contributed by atoms with Gasteiger partial charge in [-0.2, -0.15) is 0 Å². The van der Waals surface area contributed by atoms with E-state index in [1.54, 1.807) is 39.8 Å². The predicted octanol–water partition coefficient (Wildman–Crippen LogP) is 4.70. The zero-order chi connectivity index (χ0) is 25.0. The zero-order valence-corrected chi connectivity index (χ0v) is 20.5. The fourth-order valence-corrected chi connectivity index (χ4v) is 3.89. The molecule has 0 aliphatic heterocycles. The first-order valence-corrected chi connectivity index (χ1v) is 11.1. The van der Waals surface area contributed by atoms with Crippen LogP contribution in [0.2, 0.25) is 0 Å². The van der Waals surface area contributed by atoms with Crippen LogP contribution < -0.4 is 5.43 Å². The van der Waals surface area contributed by atoms with Crippen molar-refractivity contribution in [1.29, 1.82) is 0 Å². The Labute approximate surface area is 199 Å². The number of carbonyl (C=O) groups excluding carboxylic acids is 3. The summed E-state index contributed by atoms with van der Waals surface area (Å²) < 4.78 is 13.7. The summed E-state index contributed by atoms with van der Waals surface area (Å²) in [6.07, 6.45) is 1.52.